The fraction of sp³-hybridized carbons (Fsp3) is 0.250. The summed E-state index contributed by atoms with van der Waals surface area (Å²) < 4.78 is 39.0. The molecule has 0 amide bonds. The number of sulfonamides is 1. The zero-order chi connectivity index (χ0) is 12.3. The minimum atomic E-state index is -3.90. The van der Waals surface area contributed by atoms with Gasteiger partial charge >= 0.3 is 0 Å². The summed E-state index contributed by atoms with van der Waals surface area (Å²) in [5.41, 5.74) is 5.15. The molecule has 0 aliphatic heterocycles. The molecule has 17 heavy (non-hydrogen) atoms. The molecule has 4 nitrogen and oxygen atoms in total. The normalized spacial score (nSPS) is 11.1. The van der Waals surface area contributed by atoms with Crippen LogP contribution in [0.2, 0.25) is 5.02 Å². The Labute approximate surface area is 118 Å². The average Bonchev–Trinajstić information content (AvgIpc) is 2.20. The van der Waals surface area contributed by atoms with E-state index >= 15 is 0 Å². The maximum absolute atomic E-state index is 13.4. The average molecular weight is 368 g/mol. The van der Waals surface area contributed by atoms with Gasteiger partial charge in [-0.2, -0.15) is 0 Å². The Bertz CT molecular complexity index is 499. The molecule has 0 atom stereocenters. The first kappa shape index (κ1) is 17.1. The number of rotatable bonds is 4. The molecule has 1 aromatic carbocycles. The Morgan fingerprint density at radius 3 is 2.59 bits per heavy atom. The molecule has 0 aliphatic carbocycles. The van der Waals surface area contributed by atoms with Crippen LogP contribution in [-0.2, 0) is 10.0 Å². The Balaban J connectivity index is 0.00000256. The second-order valence-electron chi connectivity index (χ2n) is 2.88. The second-order valence-corrected chi connectivity index (χ2v) is 5.88. The summed E-state index contributed by atoms with van der Waals surface area (Å²) in [4.78, 5) is -0.492. The van der Waals surface area contributed by atoms with Crippen molar-refractivity contribution < 1.29 is 12.8 Å². The summed E-state index contributed by atoms with van der Waals surface area (Å²) >= 11 is 8.69. The van der Waals surface area contributed by atoms with Gasteiger partial charge in [0.25, 0.3) is 0 Å². The van der Waals surface area contributed by atoms with Gasteiger partial charge in [-0.1, -0.05) is 11.6 Å². The van der Waals surface area contributed by atoms with Crippen LogP contribution in [0.25, 0.3) is 0 Å². The van der Waals surface area contributed by atoms with E-state index in [9.17, 15) is 12.8 Å². The smallest absolute Gasteiger partial charge is 0.243 e. The number of nitrogens with two attached hydrogens (primary N) is 1. The first-order chi connectivity index (χ1) is 7.38. The van der Waals surface area contributed by atoms with Crippen LogP contribution in [0.5, 0.6) is 0 Å². The van der Waals surface area contributed by atoms with Crippen LogP contribution in [0, 0.1) is 5.82 Å². The summed E-state index contributed by atoms with van der Waals surface area (Å²) in [6.07, 6.45) is 0. The minimum Gasteiger partial charge on any atom is -0.329 e. The fourth-order valence-electron chi connectivity index (χ4n) is 0.981. The predicted molar refractivity (Wildman–Crippen MR) is 70.6 cm³/mol. The van der Waals surface area contributed by atoms with Gasteiger partial charge in [0.1, 0.15) is 10.7 Å². The van der Waals surface area contributed by atoms with Gasteiger partial charge in [-0.15, -0.1) is 12.4 Å². The van der Waals surface area contributed by atoms with E-state index in [0.717, 1.165) is 12.1 Å². The highest BCUT2D eigenvalue weighted by Gasteiger charge is 2.20. The third kappa shape index (κ3) is 4.35. The molecule has 1 aromatic rings. The second kappa shape index (κ2) is 6.86. The molecule has 3 N–H and O–H groups in total. The van der Waals surface area contributed by atoms with Crippen LogP contribution < -0.4 is 10.5 Å². The topological polar surface area (TPSA) is 72.2 Å². The molecule has 1 rings (SSSR count). The lowest BCUT2D eigenvalue weighted by Gasteiger charge is -2.07. The minimum absolute atomic E-state index is 0. The van der Waals surface area contributed by atoms with Crippen molar-refractivity contribution in [2.45, 2.75) is 4.90 Å². The van der Waals surface area contributed by atoms with Crippen LogP contribution in [0.4, 0.5) is 4.39 Å². The van der Waals surface area contributed by atoms with Crippen LogP contribution in [0.1, 0.15) is 0 Å². The van der Waals surface area contributed by atoms with Crippen molar-refractivity contribution in [3.8, 4) is 0 Å². The van der Waals surface area contributed by atoms with Gasteiger partial charge in [-0.05, 0) is 28.1 Å². The number of nitrogens with one attached hydrogen (secondary N) is 1. The van der Waals surface area contributed by atoms with Crippen molar-refractivity contribution in [3.05, 3.63) is 27.4 Å². The van der Waals surface area contributed by atoms with E-state index in [4.69, 9.17) is 17.3 Å². The molecule has 0 unspecified atom stereocenters. The fourth-order valence-corrected chi connectivity index (χ4v) is 2.66. The lowest BCUT2D eigenvalue weighted by atomic mass is 10.3. The van der Waals surface area contributed by atoms with Gasteiger partial charge in [0.05, 0.1) is 5.02 Å². The highest BCUT2D eigenvalue weighted by Crippen LogP contribution is 2.27. The van der Waals surface area contributed by atoms with Crippen LogP contribution >= 0.6 is 39.9 Å². The first-order valence-electron chi connectivity index (χ1n) is 4.23. The summed E-state index contributed by atoms with van der Waals surface area (Å²) in [7, 11) is -3.90. The summed E-state index contributed by atoms with van der Waals surface area (Å²) in [6.45, 7) is 0.167. The predicted octanol–water partition coefficient (Wildman–Crippen LogP) is 1.90. The number of hydrogen-bond donors (Lipinski definition) is 2. The molecule has 0 aromatic heterocycles. The van der Waals surface area contributed by atoms with Crippen LogP contribution in [0.15, 0.2) is 21.5 Å². The van der Waals surface area contributed by atoms with E-state index in [2.05, 4.69) is 20.7 Å². The standard InChI is InChI=1S/C8H9BrClFN2O2S.ClH/c9-5-3-7(11)8(4-6(5)10)16(14,15)13-2-1-12;/h3-4,13H,1-2,12H2;1H. The van der Waals surface area contributed by atoms with E-state index in [0.29, 0.717) is 4.47 Å². The first-order valence-corrected chi connectivity index (χ1v) is 6.88. The van der Waals surface area contributed by atoms with E-state index in [1.807, 2.05) is 0 Å². The Morgan fingerprint density at radius 1 is 1.47 bits per heavy atom. The highest BCUT2D eigenvalue weighted by atomic mass is 79.9. The maximum Gasteiger partial charge on any atom is 0.243 e. The van der Waals surface area contributed by atoms with Crippen molar-refractivity contribution in [1.82, 2.24) is 4.72 Å². The molecule has 0 heterocycles. The summed E-state index contributed by atoms with van der Waals surface area (Å²) in [5.74, 6) is -0.874. The van der Waals surface area contributed by atoms with Gasteiger partial charge in [0.2, 0.25) is 10.0 Å². The van der Waals surface area contributed by atoms with Gasteiger partial charge in [-0.25, -0.2) is 17.5 Å². The lowest BCUT2D eigenvalue weighted by molar-refractivity contribution is 0.557. The third-order valence-corrected chi connectivity index (χ3v) is 4.37. The molecular formula is C8H10BrCl2FN2O2S. The molecule has 0 fully saturated rings. The third-order valence-electron chi connectivity index (χ3n) is 1.70. The molecule has 9 heteroatoms. The van der Waals surface area contributed by atoms with Gasteiger partial charge < -0.3 is 5.73 Å². The molecule has 0 aliphatic rings. The van der Waals surface area contributed by atoms with E-state index in [1.165, 1.54) is 0 Å². The van der Waals surface area contributed by atoms with Gasteiger partial charge in [-0.3, -0.25) is 0 Å². The van der Waals surface area contributed by atoms with E-state index in [-0.39, 0.29) is 30.5 Å². The number of hydrogen-bond acceptors (Lipinski definition) is 3. The van der Waals surface area contributed by atoms with Crippen molar-refractivity contribution >= 4 is 50.0 Å². The SMILES string of the molecule is Cl.NCCNS(=O)(=O)c1cc(Cl)c(Br)cc1F. The maximum atomic E-state index is 13.4. The Hall–Kier alpha value is 0.0800. The molecule has 0 saturated carbocycles. The number of benzene rings is 1. The lowest BCUT2D eigenvalue weighted by Crippen LogP contribution is -2.29. The Morgan fingerprint density at radius 2 is 2.06 bits per heavy atom. The van der Waals surface area contributed by atoms with Gasteiger partial charge in [0.15, 0.2) is 0 Å². The monoisotopic (exact) mass is 366 g/mol. The Kier molecular flexibility index (Phi) is 6.90. The largest absolute Gasteiger partial charge is 0.329 e. The highest BCUT2D eigenvalue weighted by molar-refractivity contribution is 9.10. The van der Waals surface area contributed by atoms with Crippen molar-refractivity contribution in [2.24, 2.45) is 5.73 Å². The van der Waals surface area contributed by atoms with Crippen molar-refractivity contribution in [3.63, 3.8) is 0 Å². The van der Waals surface area contributed by atoms with E-state index < -0.39 is 20.7 Å². The zero-order valence-electron chi connectivity index (χ0n) is 8.41. The van der Waals surface area contributed by atoms with Crippen LogP contribution in [0.3, 0.4) is 0 Å². The van der Waals surface area contributed by atoms with Crippen molar-refractivity contribution in [1.29, 1.82) is 0 Å². The molecular weight excluding hydrogens is 358 g/mol. The molecule has 98 valence electrons. The molecule has 0 bridgehead atoms. The molecule has 0 saturated heterocycles. The zero-order valence-corrected chi connectivity index (χ0v) is 12.4. The van der Waals surface area contributed by atoms with Crippen LogP contribution in [-0.4, -0.2) is 21.5 Å². The van der Waals surface area contributed by atoms with E-state index in [1.54, 1.807) is 0 Å². The quantitative estimate of drug-likeness (QED) is 0.798. The van der Waals surface area contributed by atoms with Gasteiger partial charge in [0, 0.05) is 17.6 Å². The molecule has 0 spiro atoms. The number of halogens is 4. The summed E-state index contributed by atoms with van der Waals surface area (Å²) in [5, 5.41) is 0.120. The molecule has 0 radical (unpaired) electrons. The summed E-state index contributed by atoms with van der Waals surface area (Å²) in [6, 6.07) is 2.04. The van der Waals surface area contributed by atoms with Crippen molar-refractivity contribution in [2.75, 3.05) is 13.1 Å².